The van der Waals surface area contributed by atoms with Crippen molar-refractivity contribution in [3.8, 4) is 0 Å². The van der Waals surface area contributed by atoms with Gasteiger partial charge in [0.1, 0.15) is 0 Å². The van der Waals surface area contributed by atoms with Gasteiger partial charge in [-0.2, -0.15) is 11.3 Å². The molecule has 2 aliphatic rings. The SMILES string of the molecule is c1cc(N2CCCC(NC3CCCCC3)C2)cs1. The Bertz CT molecular complexity index is 343. The van der Waals surface area contributed by atoms with E-state index >= 15 is 0 Å². The van der Waals surface area contributed by atoms with Crippen molar-refractivity contribution < 1.29 is 0 Å². The van der Waals surface area contributed by atoms with Crippen LogP contribution < -0.4 is 10.2 Å². The molecule has 0 bridgehead atoms. The van der Waals surface area contributed by atoms with E-state index in [1.54, 1.807) is 0 Å². The van der Waals surface area contributed by atoms with Gasteiger partial charge in [-0.05, 0) is 37.1 Å². The van der Waals surface area contributed by atoms with Gasteiger partial charge in [0, 0.05) is 36.2 Å². The summed E-state index contributed by atoms with van der Waals surface area (Å²) in [4.78, 5) is 2.56. The van der Waals surface area contributed by atoms with Crippen molar-refractivity contribution >= 4 is 17.0 Å². The standard InChI is InChI=1S/C15H24N2S/c1-2-5-13(6-3-1)16-14-7-4-9-17(11-14)15-8-10-18-12-15/h8,10,12-14,16H,1-7,9,11H2. The molecule has 1 N–H and O–H groups in total. The molecule has 1 atom stereocenters. The number of nitrogens with zero attached hydrogens (tertiary/aromatic N) is 1. The van der Waals surface area contributed by atoms with Gasteiger partial charge in [0.05, 0.1) is 0 Å². The Hall–Kier alpha value is -0.540. The van der Waals surface area contributed by atoms with Crippen LogP contribution in [0.3, 0.4) is 0 Å². The number of rotatable bonds is 3. The Morgan fingerprint density at radius 3 is 2.67 bits per heavy atom. The second kappa shape index (κ2) is 6.07. The maximum Gasteiger partial charge on any atom is 0.0475 e. The molecule has 2 heterocycles. The first-order valence-electron chi connectivity index (χ1n) is 7.45. The summed E-state index contributed by atoms with van der Waals surface area (Å²) < 4.78 is 0. The molecule has 1 saturated carbocycles. The van der Waals surface area contributed by atoms with Crippen LogP contribution in [0.5, 0.6) is 0 Å². The van der Waals surface area contributed by atoms with Crippen LogP contribution in [0.2, 0.25) is 0 Å². The summed E-state index contributed by atoms with van der Waals surface area (Å²) in [6, 6.07) is 3.76. The third kappa shape index (κ3) is 3.07. The maximum atomic E-state index is 3.91. The van der Waals surface area contributed by atoms with Crippen molar-refractivity contribution in [2.45, 2.75) is 57.0 Å². The van der Waals surface area contributed by atoms with Crippen molar-refractivity contribution in [1.82, 2.24) is 5.32 Å². The minimum atomic E-state index is 0.710. The highest BCUT2D eigenvalue weighted by molar-refractivity contribution is 7.08. The molecule has 0 aromatic carbocycles. The van der Waals surface area contributed by atoms with Gasteiger partial charge in [0.2, 0.25) is 0 Å². The Kier molecular flexibility index (Phi) is 4.21. The first kappa shape index (κ1) is 12.5. The summed E-state index contributed by atoms with van der Waals surface area (Å²) in [5.41, 5.74) is 1.43. The lowest BCUT2D eigenvalue weighted by Gasteiger charge is -2.37. The summed E-state index contributed by atoms with van der Waals surface area (Å²) in [6.07, 6.45) is 9.79. The quantitative estimate of drug-likeness (QED) is 0.896. The summed E-state index contributed by atoms with van der Waals surface area (Å²) >= 11 is 1.81. The van der Waals surface area contributed by atoms with Crippen molar-refractivity contribution in [3.63, 3.8) is 0 Å². The normalized spacial score (nSPS) is 26.4. The van der Waals surface area contributed by atoms with E-state index in [1.807, 2.05) is 11.3 Å². The molecular weight excluding hydrogens is 240 g/mol. The van der Waals surface area contributed by atoms with Crippen LogP contribution in [-0.2, 0) is 0 Å². The van der Waals surface area contributed by atoms with Gasteiger partial charge in [-0.3, -0.25) is 0 Å². The maximum absolute atomic E-state index is 3.91. The van der Waals surface area contributed by atoms with E-state index in [4.69, 9.17) is 0 Å². The van der Waals surface area contributed by atoms with Crippen molar-refractivity contribution in [2.75, 3.05) is 18.0 Å². The van der Waals surface area contributed by atoms with Crippen LogP contribution in [0.25, 0.3) is 0 Å². The van der Waals surface area contributed by atoms with Crippen molar-refractivity contribution in [2.24, 2.45) is 0 Å². The van der Waals surface area contributed by atoms with Crippen LogP contribution in [0.15, 0.2) is 16.8 Å². The van der Waals surface area contributed by atoms with E-state index in [2.05, 4.69) is 27.0 Å². The fraction of sp³-hybridized carbons (Fsp3) is 0.733. The molecule has 1 aromatic rings. The Morgan fingerprint density at radius 1 is 1.06 bits per heavy atom. The van der Waals surface area contributed by atoms with E-state index in [0.717, 1.165) is 6.04 Å². The predicted molar refractivity (Wildman–Crippen MR) is 79.6 cm³/mol. The molecule has 0 amide bonds. The number of hydrogen-bond acceptors (Lipinski definition) is 3. The number of piperidine rings is 1. The highest BCUT2D eigenvalue weighted by Gasteiger charge is 2.23. The predicted octanol–water partition coefficient (Wildman–Crippen LogP) is 3.64. The van der Waals surface area contributed by atoms with E-state index in [1.165, 1.54) is 63.7 Å². The van der Waals surface area contributed by atoms with Crippen LogP contribution in [0.4, 0.5) is 5.69 Å². The van der Waals surface area contributed by atoms with Gasteiger partial charge >= 0.3 is 0 Å². The van der Waals surface area contributed by atoms with Crippen molar-refractivity contribution in [3.05, 3.63) is 16.8 Å². The second-order valence-electron chi connectivity index (χ2n) is 5.77. The Labute approximate surface area is 114 Å². The molecule has 1 unspecified atom stereocenters. The lowest BCUT2D eigenvalue weighted by molar-refractivity contribution is 0.312. The largest absolute Gasteiger partial charge is 0.369 e. The molecule has 0 spiro atoms. The van der Waals surface area contributed by atoms with Gasteiger partial charge in [-0.15, -0.1) is 0 Å². The zero-order chi connectivity index (χ0) is 12.2. The summed E-state index contributed by atoms with van der Waals surface area (Å²) in [5.74, 6) is 0. The summed E-state index contributed by atoms with van der Waals surface area (Å²) in [7, 11) is 0. The van der Waals surface area contributed by atoms with E-state index in [9.17, 15) is 0 Å². The third-order valence-corrected chi connectivity index (χ3v) is 5.04. The van der Waals surface area contributed by atoms with Gasteiger partial charge in [0.25, 0.3) is 0 Å². The Balaban J connectivity index is 1.53. The molecule has 100 valence electrons. The topological polar surface area (TPSA) is 15.3 Å². The first-order valence-corrected chi connectivity index (χ1v) is 8.39. The van der Waals surface area contributed by atoms with Gasteiger partial charge < -0.3 is 10.2 Å². The van der Waals surface area contributed by atoms with Crippen LogP contribution in [0.1, 0.15) is 44.9 Å². The molecule has 1 aliphatic heterocycles. The molecule has 1 aromatic heterocycles. The van der Waals surface area contributed by atoms with Gasteiger partial charge in [-0.1, -0.05) is 19.3 Å². The lowest BCUT2D eigenvalue weighted by atomic mass is 9.94. The molecule has 3 rings (SSSR count). The average molecular weight is 264 g/mol. The minimum Gasteiger partial charge on any atom is -0.369 e. The fourth-order valence-electron chi connectivity index (χ4n) is 3.39. The fourth-order valence-corrected chi connectivity index (χ4v) is 4.05. The smallest absolute Gasteiger partial charge is 0.0475 e. The average Bonchev–Trinajstić information content (AvgIpc) is 2.94. The summed E-state index contributed by atoms with van der Waals surface area (Å²) in [6.45, 7) is 2.44. The number of thiophene rings is 1. The zero-order valence-electron chi connectivity index (χ0n) is 11.1. The second-order valence-corrected chi connectivity index (χ2v) is 6.55. The van der Waals surface area contributed by atoms with Gasteiger partial charge in [-0.25, -0.2) is 0 Å². The molecule has 2 nitrogen and oxygen atoms in total. The third-order valence-electron chi connectivity index (χ3n) is 4.37. The van der Waals surface area contributed by atoms with Crippen molar-refractivity contribution in [1.29, 1.82) is 0 Å². The highest BCUT2D eigenvalue weighted by Crippen LogP contribution is 2.24. The molecule has 0 radical (unpaired) electrons. The number of hydrogen-bond donors (Lipinski definition) is 1. The first-order chi connectivity index (χ1) is 8.92. The number of nitrogens with one attached hydrogen (secondary N) is 1. The molecule has 1 aliphatic carbocycles. The van der Waals surface area contributed by atoms with Crippen LogP contribution >= 0.6 is 11.3 Å². The minimum absolute atomic E-state index is 0.710. The molecular formula is C15H24N2S. The van der Waals surface area contributed by atoms with E-state index in [-0.39, 0.29) is 0 Å². The van der Waals surface area contributed by atoms with Gasteiger partial charge in [0.15, 0.2) is 0 Å². The van der Waals surface area contributed by atoms with E-state index in [0.29, 0.717) is 6.04 Å². The highest BCUT2D eigenvalue weighted by atomic mass is 32.1. The van der Waals surface area contributed by atoms with Crippen LogP contribution in [-0.4, -0.2) is 25.2 Å². The molecule has 2 fully saturated rings. The monoisotopic (exact) mass is 264 g/mol. The molecule has 3 heteroatoms. The number of anilines is 1. The van der Waals surface area contributed by atoms with Crippen LogP contribution in [0, 0.1) is 0 Å². The zero-order valence-corrected chi connectivity index (χ0v) is 11.9. The Morgan fingerprint density at radius 2 is 1.89 bits per heavy atom. The molecule has 1 saturated heterocycles. The summed E-state index contributed by atoms with van der Waals surface area (Å²) in [5, 5.41) is 8.38. The van der Waals surface area contributed by atoms with E-state index < -0.39 is 0 Å². The molecule has 18 heavy (non-hydrogen) atoms. The lowest BCUT2D eigenvalue weighted by Crippen LogP contribution is -2.49.